The predicted octanol–water partition coefficient (Wildman–Crippen LogP) is 3.84. The molecule has 1 aliphatic carbocycles. The number of carbonyl (C=O) groups excluding carboxylic acids is 2. The zero-order valence-electron chi connectivity index (χ0n) is 16.9. The van der Waals surface area contributed by atoms with Crippen molar-refractivity contribution < 1.29 is 14.3 Å². The Morgan fingerprint density at radius 1 is 1.07 bits per heavy atom. The maximum absolute atomic E-state index is 13.4. The van der Waals surface area contributed by atoms with Crippen molar-refractivity contribution in [2.75, 3.05) is 13.1 Å². The van der Waals surface area contributed by atoms with Gasteiger partial charge in [0.05, 0.1) is 6.04 Å². The molecule has 3 unspecified atom stereocenters. The van der Waals surface area contributed by atoms with E-state index in [0.717, 1.165) is 24.8 Å². The highest BCUT2D eigenvalue weighted by Crippen LogP contribution is 2.44. The fraction of sp³-hybridized carbons (Fsp3) is 0.591. The van der Waals surface area contributed by atoms with Crippen molar-refractivity contribution in [2.24, 2.45) is 22.9 Å². The summed E-state index contributed by atoms with van der Waals surface area (Å²) in [5.41, 5.74) is 0.613. The Morgan fingerprint density at radius 2 is 1.71 bits per heavy atom. The van der Waals surface area contributed by atoms with E-state index in [2.05, 4.69) is 17.2 Å². The van der Waals surface area contributed by atoms with E-state index >= 15 is 0 Å². The van der Waals surface area contributed by atoms with Crippen molar-refractivity contribution in [3.63, 3.8) is 0 Å². The highest BCUT2D eigenvalue weighted by Gasteiger charge is 2.50. The molecule has 0 aromatic heterocycles. The van der Waals surface area contributed by atoms with Crippen LogP contribution in [0.5, 0.6) is 0 Å². The molecule has 2 fully saturated rings. The summed E-state index contributed by atoms with van der Waals surface area (Å²) in [5, 5.41) is 6.11. The molecule has 150 valence electrons. The Labute approximate surface area is 166 Å². The molecule has 6 heteroatoms. The van der Waals surface area contributed by atoms with E-state index in [-0.39, 0.29) is 35.8 Å². The third kappa shape index (κ3) is 3.64. The third-order valence-corrected chi connectivity index (χ3v) is 6.01. The van der Waals surface area contributed by atoms with Crippen LogP contribution < -0.4 is 0 Å². The van der Waals surface area contributed by atoms with Gasteiger partial charge in [-0.3, -0.25) is 4.79 Å². The molecule has 2 aliphatic heterocycles. The fourth-order valence-electron chi connectivity index (χ4n) is 4.83. The monoisotopic (exact) mass is 383 g/mol. The maximum Gasteiger partial charge on any atom is 0.410 e. The number of hydrogen-bond acceptors (Lipinski definition) is 4. The largest absolute Gasteiger partial charge is 0.444 e. The summed E-state index contributed by atoms with van der Waals surface area (Å²) < 4.78 is 5.54. The van der Waals surface area contributed by atoms with Crippen LogP contribution in [-0.2, 0) is 9.53 Å². The van der Waals surface area contributed by atoms with E-state index < -0.39 is 5.60 Å². The van der Waals surface area contributed by atoms with Crippen LogP contribution in [0.1, 0.15) is 51.6 Å². The number of hydrazone groups is 1. The number of piperidine rings is 1. The summed E-state index contributed by atoms with van der Waals surface area (Å²) in [5.74, 6) is 0.427. The normalized spacial score (nSPS) is 29.2. The minimum absolute atomic E-state index is 0.0167. The van der Waals surface area contributed by atoms with Gasteiger partial charge in [0.15, 0.2) is 0 Å². The number of amides is 2. The van der Waals surface area contributed by atoms with Crippen LogP contribution >= 0.6 is 0 Å². The standard InChI is InChI=1S/C22H29N3O3/c1-22(2,3)28-21(27)24-13-16-9-10-17(14-24)19(16)20(26)25-18(11-12-23-25)15-7-5-4-6-8-15/h4-8,12,16-19H,9-11,13-14H2,1-3H3. The van der Waals surface area contributed by atoms with Crippen molar-refractivity contribution in [1.82, 2.24) is 9.91 Å². The summed E-state index contributed by atoms with van der Waals surface area (Å²) in [4.78, 5) is 27.7. The van der Waals surface area contributed by atoms with Gasteiger partial charge in [-0.1, -0.05) is 30.3 Å². The van der Waals surface area contributed by atoms with Gasteiger partial charge in [0.2, 0.25) is 5.91 Å². The first-order chi connectivity index (χ1) is 13.3. The molecule has 1 aromatic rings. The first-order valence-corrected chi connectivity index (χ1v) is 10.2. The Morgan fingerprint density at radius 3 is 2.32 bits per heavy atom. The highest BCUT2D eigenvalue weighted by atomic mass is 16.6. The van der Waals surface area contributed by atoms with E-state index in [4.69, 9.17) is 4.74 Å². The number of ether oxygens (including phenoxy) is 1. The van der Waals surface area contributed by atoms with E-state index in [1.54, 1.807) is 9.91 Å². The Balaban J connectivity index is 1.46. The zero-order valence-corrected chi connectivity index (χ0v) is 16.9. The molecule has 1 aromatic carbocycles. The van der Waals surface area contributed by atoms with Gasteiger partial charge in [-0.05, 0) is 51.0 Å². The van der Waals surface area contributed by atoms with E-state index in [1.807, 2.05) is 45.2 Å². The number of nitrogens with zero attached hydrogens (tertiary/aromatic N) is 3. The Hall–Kier alpha value is -2.37. The summed E-state index contributed by atoms with van der Waals surface area (Å²) in [6, 6.07) is 10.1. The van der Waals surface area contributed by atoms with Crippen molar-refractivity contribution in [1.29, 1.82) is 0 Å². The first kappa shape index (κ1) is 19.0. The lowest BCUT2D eigenvalue weighted by Crippen LogP contribution is -2.50. The molecule has 3 aliphatic rings. The van der Waals surface area contributed by atoms with Gasteiger partial charge in [-0.2, -0.15) is 5.10 Å². The van der Waals surface area contributed by atoms with Gasteiger partial charge in [-0.25, -0.2) is 9.80 Å². The smallest absolute Gasteiger partial charge is 0.410 e. The van der Waals surface area contributed by atoms with Crippen LogP contribution in [0, 0.1) is 17.8 Å². The predicted molar refractivity (Wildman–Crippen MR) is 107 cm³/mol. The number of carbonyl (C=O) groups is 2. The topological polar surface area (TPSA) is 62.2 Å². The van der Waals surface area contributed by atoms with E-state index in [1.165, 1.54) is 0 Å². The van der Waals surface area contributed by atoms with Crippen LogP contribution in [0.15, 0.2) is 35.4 Å². The Kier molecular flexibility index (Phi) is 4.89. The maximum atomic E-state index is 13.4. The van der Waals surface area contributed by atoms with Crippen molar-refractivity contribution in [3.8, 4) is 0 Å². The highest BCUT2D eigenvalue weighted by molar-refractivity contribution is 5.83. The van der Waals surface area contributed by atoms with Gasteiger partial charge < -0.3 is 9.64 Å². The lowest BCUT2D eigenvalue weighted by atomic mass is 9.84. The second kappa shape index (κ2) is 7.22. The molecule has 6 nitrogen and oxygen atoms in total. The molecule has 2 amide bonds. The van der Waals surface area contributed by atoms with Crippen LogP contribution in [0.4, 0.5) is 4.79 Å². The second-order valence-electron chi connectivity index (χ2n) is 9.15. The van der Waals surface area contributed by atoms with Gasteiger partial charge in [0.1, 0.15) is 5.60 Å². The zero-order chi connectivity index (χ0) is 19.9. The van der Waals surface area contributed by atoms with Crippen molar-refractivity contribution in [3.05, 3.63) is 35.9 Å². The minimum Gasteiger partial charge on any atom is -0.444 e. The third-order valence-electron chi connectivity index (χ3n) is 6.01. The molecule has 0 spiro atoms. The van der Waals surface area contributed by atoms with Crippen molar-refractivity contribution in [2.45, 2.75) is 51.7 Å². The summed E-state index contributed by atoms with van der Waals surface area (Å²) >= 11 is 0. The van der Waals surface area contributed by atoms with Gasteiger partial charge >= 0.3 is 6.09 Å². The van der Waals surface area contributed by atoms with Gasteiger partial charge in [-0.15, -0.1) is 0 Å². The molecular formula is C22H29N3O3. The molecule has 2 bridgehead atoms. The molecule has 1 saturated carbocycles. The van der Waals surface area contributed by atoms with Crippen LogP contribution in [0.3, 0.4) is 0 Å². The van der Waals surface area contributed by atoms with E-state index in [0.29, 0.717) is 13.1 Å². The van der Waals surface area contributed by atoms with Crippen molar-refractivity contribution >= 4 is 18.2 Å². The molecule has 28 heavy (non-hydrogen) atoms. The summed E-state index contributed by atoms with van der Waals surface area (Å²) in [6.07, 6.45) is 4.29. The lowest BCUT2D eigenvalue weighted by Gasteiger charge is -2.39. The fourth-order valence-corrected chi connectivity index (χ4v) is 4.83. The summed E-state index contributed by atoms with van der Waals surface area (Å²) in [6.45, 7) is 6.82. The minimum atomic E-state index is -0.504. The van der Waals surface area contributed by atoms with Gasteiger partial charge in [0.25, 0.3) is 0 Å². The van der Waals surface area contributed by atoms with Crippen LogP contribution in [0.25, 0.3) is 0 Å². The first-order valence-electron chi connectivity index (χ1n) is 10.2. The lowest BCUT2D eigenvalue weighted by molar-refractivity contribution is -0.142. The second-order valence-corrected chi connectivity index (χ2v) is 9.15. The molecule has 4 rings (SSSR count). The Bertz CT molecular complexity index is 757. The molecule has 0 N–H and O–H groups in total. The van der Waals surface area contributed by atoms with Gasteiger partial charge in [0, 0.05) is 31.6 Å². The average molecular weight is 383 g/mol. The number of fused-ring (bicyclic) bond motifs is 2. The molecule has 0 radical (unpaired) electrons. The quantitative estimate of drug-likeness (QED) is 0.779. The SMILES string of the molecule is CC(C)(C)OC(=O)N1CC2CCC(C1)C2C(=O)N1N=CCC1c1ccccc1. The molecular weight excluding hydrogens is 354 g/mol. The number of benzene rings is 1. The molecule has 1 saturated heterocycles. The van der Waals surface area contributed by atoms with Crippen LogP contribution in [-0.4, -0.2) is 46.8 Å². The number of hydrogen-bond donors (Lipinski definition) is 0. The van der Waals surface area contributed by atoms with E-state index in [9.17, 15) is 9.59 Å². The van der Waals surface area contributed by atoms with Crippen LogP contribution in [0.2, 0.25) is 0 Å². The molecule has 2 heterocycles. The summed E-state index contributed by atoms with van der Waals surface area (Å²) in [7, 11) is 0. The molecule has 3 atom stereocenters. The number of likely N-dealkylation sites (tertiary alicyclic amines) is 1. The average Bonchev–Trinajstić information content (AvgIpc) is 3.23. The number of rotatable bonds is 2.